The zero-order valence-corrected chi connectivity index (χ0v) is 9.08. The number of halogens is 2. The first-order chi connectivity index (χ1) is 7.61. The molecule has 1 N–H and O–H groups in total. The van der Waals surface area contributed by atoms with E-state index in [9.17, 15) is 13.9 Å². The highest BCUT2D eigenvalue weighted by Gasteiger charge is 2.26. The predicted molar refractivity (Wildman–Crippen MR) is 58.3 cm³/mol. The van der Waals surface area contributed by atoms with E-state index in [2.05, 4.69) is 0 Å². The summed E-state index contributed by atoms with van der Waals surface area (Å²) in [6.45, 7) is 1.83. The maximum Gasteiger partial charge on any atom is 0.165 e. The molecule has 1 aliphatic rings. The normalized spacial score (nSPS) is 17.9. The van der Waals surface area contributed by atoms with Crippen molar-refractivity contribution in [3.8, 4) is 5.75 Å². The maximum atomic E-state index is 13.6. The van der Waals surface area contributed by atoms with Gasteiger partial charge in [-0.2, -0.15) is 0 Å². The van der Waals surface area contributed by atoms with Crippen LogP contribution < -0.4 is 0 Å². The number of phenolic OH excluding ortho intramolecular Hbond substituents is 1. The van der Waals surface area contributed by atoms with Crippen molar-refractivity contribution in [3.05, 3.63) is 41.5 Å². The minimum absolute atomic E-state index is 0.105. The molecular weight excluding hydrogens is 210 g/mol. The molecule has 0 fully saturated rings. The molecule has 0 bridgehead atoms. The zero-order valence-electron chi connectivity index (χ0n) is 9.08. The minimum atomic E-state index is -0.917. The summed E-state index contributed by atoms with van der Waals surface area (Å²) in [5.41, 5.74) is 0.105. The van der Waals surface area contributed by atoms with Crippen LogP contribution in [0, 0.1) is 17.6 Å². The molecule has 1 aromatic carbocycles. The number of rotatable bonds is 2. The summed E-state index contributed by atoms with van der Waals surface area (Å²) >= 11 is 0. The Labute approximate surface area is 93.4 Å². The van der Waals surface area contributed by atoms with Gasteiger partial charge in [0.1, 0.15) is 5.75 Å². The van der Waals surface area contributed by atoms with Crippen LogP contribution in [0.25, 0.3) is 0 Å². The highest BCUT2D eigenvalue weighted by atomic mass is 19.2. The van der Waals surface area contributed by atoms with Gasteiger partial charge in [0.25, 0.3) is 0 Å². The van der Waals surface area contributed by atoms with Crippen molar-refractivity contribution in [1.82, 2.24) is 0 Å². The highest BCUT2D eigenvalue weighted by Crippen LogP contribution is 2.39. The molecule has 86 valence electrons. The average Bonchev–Trinajstić information content (AvgIpc) is 2.77. The van der Waals surface area contributed by atoms with Crippen LogP contribution in [0.1, 0.15) is 31.2 Å². The smallest absolute Gasteiger partial charge is 0.165 e. The summed E-state index contributed by atoms with van der Waals surface area (Å²) in [6, 6.07) is 2.17. The largest absolute Gasteiger partial charge is 0.508 e. The van der Waals surface area contributed by atoms with Crippen molar-refractivity contribution >= 4 is 0 Å². The lowest BCUT2D eigenvalue weighted by molar-refractivity contribution is 0.398. The molecule has 1 atom stereocenters. The summed E-state index contributed by atoms with van der Waals surface area (Å²) in [5, 5.41) is 9.62. The van der Waals surface area contributed by atoms with Crippen LogP contribution in [-0.4, -0.2) is 5.11 Å². The molecule has 0 aliphatic heterocycles. The summed E-state index contributed by atoms with van der Waals surface area (Å²) < 4.78 is 26.7. The zero-order chi connectivity index (χ0) is 11.7. The first kappa shape index (κ1) is 11.1. The molecule has 2 rings (SSSR count). The number of benzene rings is 1. The summed E-state index contributed by atoms with van der Waals surface area (Å²) in [7, 11) is 0. The molecule has 0 radical (unpaired) electrons. The van der Waals surface area contributed by atoms with Crippen LogP contribution >= 0.6 is 0 Å². The van der Waals surface area contributed by atoms with Crippen LogP contribution in [0.3, 0.4) is 0 Å². The van der Waals surface area contributed by atoms with Crippen molar-refractivity contribution in [2.75, 3.05) is 0 Å². The number of hydrogen-bond donors (Lipinski definition) is 1. The number of phenols is 1. The number of aromatic hydroxyl groups is 1. The third-order valence-corrected chi connectivity index (χ3v) is 3.32. The van der Waals surface area contributed by atoms with E-state index in [0.29, 0.717) is 0 Å². The quantitative estimate of drug-likeness (QED) is 0.759. The van der Waals surface area contributed by atoms with Gasteiger partial charge in [-0.15, -0.1) is 0 Å². The summed E-state index contributed by atoms with van der Waals surface area (Å²) in [5.74, 6) is -1.89. The molecule has 0 spiro atoms. The van der Waals surface area contributed by atoms with Gasteiger partial charge in [-0.1, -0.05) is 19.1 Å². The molecule has 3 heteroatoms. The third kappa shape index (κ3) is 1.82. The van der Waals surface area contributed by atoms with Crippen LogP contribution in [0.15, 0.2) is 24.3 Å². The Balaban J connectivity index is 2.35. The summed E-state index contributed by atoms with van der Waals surface area (Å²) in [6.07, 6.45) is 5.79. The van der Waals surface area contributed by atoms with Crippen LogP contribution in [0.4, 0.5) is 8.78 Å². The van der Waals surface area contributed by atoms with Gasteiger partial charge in [-0.25, -0.2) is 8.78 Å². The van der Waals surface area contributed by atoms with E-state index in [1.165, 1.54) is 6.07 Å². The second-order valence-electron chi connectivity index (χ2n) is 4.29. The van der Waals surface area contributed by atoms with Crippen LogP contribution in [0.5, 0.6) is 5.75 Å². The Morgan fingerprint density at radius 3 is 2.50 bits per heavy atom. The van der Waals surface area contributed by atoms with Gasteiger partial charge in [-0.3, -0.25) is 0 Å². The first-order valence-corrected chi connectivity index (χ1v) is 5.43. The molecule has 16 heavy (non-hydrogen) atoms. The van der Waals surface area contributed by atoms with E-state index in [1.54, 1.807) is 0 Å². The lowest BCUT2D eigenvalue weighted by atomic mass is 9.85. The Morgan fingerprint density at radius 2 is 1.88 bits per heavy atom. The molecule has 1 aromatic rings. The molecule has 0 amide bonds. The molecule has 0 heterocycles. The van der Waals surface area contributed by atoms with E-state index >= 15 is 0 Å². The second kappa shape index (κ2) is 4.24. The van der Waals surface area contributed by atoms with Gasteiger partial charge >= 0.3 is 0 Å². The Morgan fingerprint density at radius 1 is 1.25 bits per heavy atom. The van der Waals surface area contributed by atoms with Gasteiger partial charge < -0.3 is 5.11 Å². The standard InChI is InChI=1S/C13H14F2O/c1-8(9-4-2-3-5-9)12-11(16)7-6-10(14)13(12)15/h2-3,6-9,16H,4-5H2,1H3. The lowest BCUT2D eigenvalue weighted by Gasteiger charge is -2.20. The molecule has 0 saturated heterocycles. The number of allylic oxidation sites excluding steroid dienone is 2. The SMILES string of the molecule is CC(c1c(O)ccc(F)c1F)C1CC=CC1. The molecule has 0 saturated carbocycles. The van der Waals surface area contributed by atoms with E-state index < -0.39 is 11.6 Å². The fourth-order valence-electron chi connectivity index (χ4n) is 2.27. The second-order valence-corrected chi connectivity index (χ2v) is 4.29. The van der Waals surface area contributed by atoms with Gasteiger partial charge in [0, 0.05) is 5.56 Å². The lowest BCUT2D eigenvalue weighted by Crippen LogP contribution is -2.09. The van der Waals surface area contributed by atoms with Gasteiger partial charge in [0.15, 0.2) is 11.6 Å². The Kier molecular flexibility index (Phi) is 2.95. The molecule has 1 nitrogen and oxygen atoms in total. The van der Waals surface area contributed by atoms with E-state index in [4.69, 9.17) is 0 Å². The van der Waals surface area contributed by atoms with E-state index in [1.807, 2.05) is 19.1 Å². The minimum Gasteiger partial charge on any atom is -0.508 e. The Hall–Kier alpha value is -1.38. The van der Waals surface area contributed by atoms with Crippen LogP contribution in [0.2, 0.25) is 0 Å². The average molecular weight is 224 g/mol. The van der Waals surface area contributed by atoms with Crippen molar-refractivity contribution in [3.63, 3.8) is 0 Å². The van der Waals surface area contributed by atoms with Crippen molar-refractivity contribution in [2.45, 2.75) is 25.7 Å². The topological polar surface area (TPSA) is 20.2 Å². The van der Waals surface area contributed by atoms with E-state index in [0.717, 1.165) is 18.9 Å². The molecule has 1 aliphatic carbocycles. The Bertz CT molecular complexity index is 418. The van der Waals surface area contributed by atoms with Gasteiger partial charge in [0.2, 0.25) is 0 Å². The third-order valence-electron chi connectivity index (χ3n) is 3.32. The van der Waals surface area contributed by atoms with Crippen molar-refractivity contribution < 1.29 is 13.9 Å². The van der Waals surface area contributed by atoms with Gasteiger partial charge in [-0.05, 0) is 36.8 Å². The molecular formula is C13H14F2O. The van der Waals surface area contributed by atoms with E-state index in [-0.39, 0.29) is 23.1 Å². The van der Waals surface area contributed by atoms with Crippen molar-refractivity contribution in [1.29, 1.82) is 0 Å². The fourth-order valence-corrected chi connectivity index (χ4v) is 2.27. The van der Waals surface area contributed by atoms with Crippen LogP contribution in [-0.2, 0) is 0 Å². The molecule has 0 aromatic heterocycles. The summed E-state index contributed by atoms with van der Waals surface area (Å²) in [4.78, 5) is 0. The predicted octanol–water partition coefficient (Wildman–Crippen LogP) is 3.74. The molecule has 1 unspecified atom stereocenters. The maximum absolute atomic E-state index is 13.6. The first-order valence-electron chi connectivity index (χ1n) is 5.43. The van der Waals surface area contributed by atoms with Crippen molar-refractivity contribution in [2.24, 2.45) is 5.92 Å². The monoisotopic (exact) mass is 224 g/mol. The highest BCUT2D eigenvalue weighted by molar-refractivity contribution is 5.37. The number of hydrogen-bond acceptors (Lipinski definition) is 1. The fraction of sp³-hybridized carbons (Fsp3) is 0.385. The van der Waals surface area contributed by atoms with Gasteiger partial charge in [0.05, 0.1) is 0 Å².